The fourth-order valence-electron chi connectivity index (χ4n) is 3.15. The lowest BCUT2D eigenvalue weighted by molar-refractivity contribution is -0.129. The van der Waals surface area contributed by atoms with Crippen molar-refractivity contribution in [2.45, 2.75) is 51.1 Å². The predicted molar refractivity (Wildman–Crippen MR) is 119 cm³/mol. The molecular weight excluding hydrogens is 410 g/mol. The van der Waals surface area contributed by atoms with Crippen LogP contribution in [0.4, 0.5) is 4.79 Å². The van der Waals surface area contributed by atoms with Gasteiger partial charge in [0, 0.05) is 0 Å². The summed E-state index contributed by atoms with van der Waals surface area (Å²) in [5, 5.41) is 8.06. The normalized spacial score (nSPS) is 17.4. The van der Waals surface area contributed by atoms with E-state index in [4.69, 9.17) is 9.47 Å². The summed E-state index contributed by atoms with van der Waals surface area (Å²) >= 11 is 0. The van der Waals surface area contributed by atoms with Gasteiger partial charge in [0.15, 0.2) is 0 Å². The van der Waals surface area contributed by atoms with Crippen molar-refractivity contribution in [2.24, 2.45) is 0 Å². The van der Waals surface area contributed by atoms with Crippen molar-refractivity contribution in [2.75, 3.05) is 6.61 Å². The van der Waals surface area contributed by atoms with Gasteiger partial charge < -0.3 is 25.4 Å². The summed E-state index contributed by atoms with van der Waals surface area (Å²) in [7, 11) is 0. The molecular formula is C24H29N3O5. The van der Waals surface area contributed by atoms with E-state index in [1.54, 1.807) is 6.92 Å². The molecule has 32 heavy (non-hydrogen) atoms. The Morgan fingerprint density at radius 1 is 0.875 bits per heavy atom. The summed E-state index contributed by atoms with van der Waals surface area (Å²) in [6.07, 6.45) is -0.0900. The molecule has 1 fully saturated rings. The van der Waals surface area contributed by atoms with Crippen LogP contribution in [0.5, 0.6) is 0 Å². The smallest absolute Gasteiger partial charge is 0.408 e. The second-order valence-corrected chi connectivity index (χ2v) is 7.83. The maximum atomic E-state index is 12.6. The minimum Gasteiger partial charge on any atom is -0.445 e. The Balaban J connectivity index is 1.42. The first kappa shape index (κ1) is 23.3. The SMILES string of the molecule is C[C@H](NC(=O)OCc1ccccc1)C(=O)N[C@@H](C)C(=O)N[C@@H](Cc1ccccc1)[C@@H]1CO1. The molecule has 170 valence electrons. The number of amides is 3. The third-order valence-corrected chi connectivity index (χ3v) is 5.13. The molecule has 2 aromatic rings. The van der Waals surface area contributed by atoms with E-state index in [0.717, 1.165) is 11.1 Å². The van der Waals surface area contributed by atoms with Crippen molar-refractivity contribution in [3.8, 4) is 0 Å². The van der Waals surface area contributed by atoms with Gasteiger partial charge in [0.25, 0.3) is 0 Å². The van der Waals surface area contributed by atoms with Crippen molar-refractivity contribution in [1.29, 1.82) is 0 Å². The van der Waals surface area contributed by atoms with Gasteiger partial charge in [-0.25, -0.2) is 4.79 Å². The highest BCUT2D eigenvalue weighted by Gasteiger charge is 2.35. The predicted octanol–water partition coefficient (Wildman–Crippen LogP) is 1.93. The van der Waals surface area contributed by atoms with E-state index in [-0.39, 0.29) is 24.7 Å². The average Bonchev–Trinajstić information content (AvgIpc) is 3.64. The third-order valence-electron chi connectivity index (χ3n) is 5.13. The Morgan fingerprint density at radius 3 is 2.00 bits per heavy atom. The zero-order chi connectivity index (χ0) is 22.9. The second kappa shape index (κ2) is 11.3. The molecule has 4 atom stereocenters. The van der Waals surface area contributed by atoms with Crippen molar-refractivity contribution >= 4 is 17.9 Å². The molecule has 0 spiro atoms. The molecule has 3 rings (SSSR count). The minimum absolute atomic E-state index is 0.0259. The molecule has 1 saturated heterocycles. The summed E-state index contributed by atoms with van der Waals surface area (Å²) in [6, 6.07) is 17.3. The molecule has 0 radical (unpaired) electrons. The molecule has 1 aliphatic rings. The lowest BCUT2D eigenvalue weighted by Gasteiger charge is -2.22. The summed E-state index contributed by atoms with van der Waals surface area (Å²) in [6.45, 7) is 3.83. The Labute approximate surface area is 187 Å². The summed E-state index contributed by atoms with van der Waals surface area (Å²) in [5.74, 6) is -0.791. The van der Waals surface area contributed by atoms with Gasteiger partial charge in [-0.15, -0.1) is 0 Å². The van der Waals surface area contributed by atoms with Crippen molar-refractivity contribution in [3.05, 3.63) is 71.8 Å². The largest absolute Gasteiger partial charge is 0.445 e. The molecule has 0 bridgehead atoms. The topological polar surface area (TPSA) is 109 Å². The van der Waals surface area contributed by atoms with Gasteiger partial charge in [0.05, 0.1) is 12.6 Å². The zero-order valence-corrected chi connectivity index (χ0v) is 18.2. The molecule has 0 unspecified atom stereocenters. The highest BCUT2D eigenvalue weighted by atomic mass is 16.6. The molecule has 8 heteroatoms. The quantitative estimate of drug-likeness (QED) is 0.490. The molecule has 8 nitrogen and oxygen atoms in total. The lowest BCUT2D eigenvalue weighted by Crippen LogP contribution is -2.54. The van der Waals surface area contributed by atoms with Gasteiger partial charge in [-0.3, -0.25) is 9.59 Å². The minimum atomic E-state index is -0.861. The van der Waals surface area contributed by atoms with E-state index < -0.39 is 24.1 Å². The van der Waals surface area contributed by atoms with Crippen LogP contribution in [0.25, 0.3) is 0 Å². The zero-order valence-electron chi connectivity index (χ0n) is 18.2. The van der Waals surface area contributed by atoms with E-state index in [0.29, 0.717) is 13.0 Å². The van der Waals surface area contributed by atoms with E-state index in [1.807, 2.05) is 60.7 Å². The van der Waals surface area contributed by atoms with Crippen LogP contribution < -0.4 is 16.0 Å². The molecule has 1 aliphatic heterocycles. The number of rotatable bonds is 10. The maximum Gasteiger partial charge on any atom is 0.408 e. The van der Waals surface area contributed by atoms with Gasteiger partial charge in [-0.2, -0.15) is 0 Å². The van der Waals surface area contributed by atoms with Crippen LogP contribution in [-0.2, 0) is 32.1 Å². The highest BCUT2D eigenvalue weighted by Crippen LogP contribution is 2.18. The standard InChI is InChI=1S/C24H29N3O5/c1-16(23(29)27-20(21-15-31-21)13-18-9-5-3-6-10-18)25-22(28)17(2)26-24(30)32-14-19-11-7-4-8-12-19/h3-12,16-17,20-21H,13-15H2,1-2H3,(H,25,28)(H,26,30)(H,27,29)/t16-,17-,20-,21-/m0/s1. The van der Waals surface area contributed by atoms with Crippen molar-refractivity contribution in [1.82, 2.24) is 16.0 Å². The Bertz CT molecular complexity index is 902. The molecule has 2 aromatic carbocycles. The van der Waals surface area contributed by atoms with Gasteiger partial charge in [0.1, 0.15) is 24.8 Å². The van der Waals surface area contributed by atoms with Gasteiger partial charge in [-0.1, -0.05) is 60.7 Å². The average molecular weight is 440 g/mol. The van der Waals surface area contributed by atoms with Crippen molar-refractivity contribution in [3.63, 3.8) is 0 Å². The molecule has 3 amide bonds. The third kappa shape index (κ3) is 7.39. The first-order valence-electron chi connectivity index (χ1n) is 10.7. The monoisotopic (exact) mass is 439 g/mol. The molecule has 0 saturated carbocycles. The van der Waals surface area contributed by atoms with E-state index in [9.17, 15) is 14.4 Å². The molecule has 1 heterocycles. The summed E-state index contributed by atoms with van der Waals surface area (Å²) in [5.41, 5.74) is 1.94. The van der Waals surface area contributed by atoms with Crippen LogP contribution in [0.2, 0.25) is 0 Å². The summed E-state index contributed by atoms with van der Waals surface area (Å²) in [4.78, 5) is 37.0. The number of hydrogen-bond donors (Lipinski definition) is 3. The number of carbonyl (C=O) groups excluding carboxylic acids is 3. The number of carbonyl (C=O) groups is 3. The molecule has 0 aliphatic carbocycles. The van der Waals surface area contributed by atoms with E-state index >= 15 is 0 Å². The lowest BCUT2D eigenvalue weighted by atomic mass is 10.0. The fourth-order valence-corrected chi connectivity index (χ4v) is 3.15. The van der Waals surface area contributed by atoms with E-state index in [1.165, 1.54) is 6.92 Å². The highest BCUT2D eigenvalue weighted by molar-refractivity contribution is 5.90. The van der Waals surface area contributed by atoms with Crippen molar-refractivity contribution < 1.29 is 23.9 Å². The van der Waals surface area contributed by atoms with Crippen LogP contribution in [0.1, 0.15) is 25.0 Å². The summed E-state index contributed by atoms with van der Waals surface area (Å²) < 4.78 is 10.5. The molecule has 3 N–H and O–H groups in total. The van der Waals surface area contributed by atoms with Gasteiger partial charge in [0.2, 0.25) is 11.8 Å². The maximum absolute atomic E-state index is 12.6. The molecule has 0 aromatic heterocycles. The van der Waals surface area contributed by atoms with Crippen LogP contribution in [0, 0.1) is 0 Å². The fraction of sp³-hybridized carbons (Fsp3) is 0.375. The Morgan fingerprint density at radius 2 is 1.41 bits per heavy atom. The number of benzene rings is 2. The van der Waals surface area contributed by atoms with Crippen LogP contribution in [0.3, 0.4) is 0 Å². The second-order valence-electron chi connectivity index (χ2n) is 7.83. The number of epoxide rings is 1. The number of nitrogens with one attached hydrogen (secondary N) is 3. The number of hydrogen-bond acceptors (Lipinski definition) is 5. The Kier molecular flexibility index (Phi) is 8.21. The van der Waals surface area contributed by atoms with Crippen LogP contribution in [0.15, 0.2) is 60.7 Å². The first-order valence-corrected chi connectivity index (χ1v) is 10.7. The van der Waals surface area contributed by atoms with Crippen LogP contribution >= 0.6 is 0 Å². The number of ether oxygens (including phenoxy) is 2. The number of alkyl carbamates (subject to hydrolysis) is 1. The first-order chi connectivity index (χ1) is 15.4. The Hall–Kier alpha value is -3.39. The van der Waals surface area contributed by atoms with Crippen LogP contribution in [-0.4, -0.2) is 48.7 Å². The van der Waals surface area contributed by atoms with E-state index in [2.05, 4.69) is 16.0 Å². The van der Waals surface area contributed by atoms with Gasteiger partial charge in [-0.05, 0) is 31.4 Å². The van der Waals surface area contributed by atoms with Gasteiger partial charge >= 0.3 is 6.09 Å².